The summed E-state index contributed by atoms with van der Waals surface area (Å²) in [7, 11) is 0. The standard InChI is InChI=1S/C34H38N4O5/c1-23-8-10-25(11-9-23)28(22-32(40)41)36-33(42)27-14-15-30(29(21-27)35-31(39)20-24-6-3-2-4-7-24)37-16-5-17-38(19-18-37)34(43)26-12-13-26/h2-4,6-11,14-15,21,26,28H,5,12-13,16-20,22H2,1H3,(H,35,39)(H,36,42)(H,40,41). The lowest BCUT2D eigenvalue weighted by Gasteiger charge is -2.27. The van der Waals surface area contributed by atoms with Gasteiger partial charge in [-0.15, -0.1) is 0 Å². The third-order valence-corrected chi connectivity index (χ3v) is 7.98. The molecule has 5 rings (SSSR count). The number of aliphatic carboxylic acids is 1. The van der Waals surface area contributed by atoms with Crippen molar-refractivity contribution in [1.29, 1.82) is 0 Å². The number of carboxylic acid groups (broad SMARTS) is 1. The van der Waals surface area contributed by atoms with Crippen molar-refractivity contribution in [1.82, 2.24) is 10.2 Å². The first kappa shape index (κ1) is 29.8. The maximum absolute atomic E-state index is 13.5. The number of hydrogen-bond donors (Lipinski definition) is 3. The van der Waals surface area contributed by atoms with Gasteiger partial charge in [0, 0.05) is 37.7 Å². The van der Waals surface area contributed by atoms with E-state index in [0.29, 0.717) is 43.0 Å². The molecule has 43 heavy (non-hydrogen) atoms. The predicted octanol–water partition coefficient (Wildman–Crippen LogP) is 4.57. The summed E-state index contributed by atoms with van der Waals surface area (Å²) in [4.78, 5) is 55.0. The van der Waals surface area contributed by atoms with Crippen LogP contribution in [0, 0.1) is 12.8 Å². The molecule has 1 saturated heterocycles. The molecule has 2 fully saturated rings. The van der Waals surface area contributed by atoms with Gasteiger partial charge >= 0.3 is 5.97 Å². The predicted molar refractivity (Wildman–Crippen MR) is 165 cm³/mol. The quantitative estimate of drug-likeness (QED) is 0.322. The van der Waals surface area contributed by atoms with Gasteiger partial charge in [-0.3, -0.25) is 19.2 Å². The fraction of sp³-hybridized carbons (Fsp3) is 0.353. The summed E-state index contributed by atoms with van der Waals surface area (Å²) in [6.07, 6.45) is 2.65. The van der Waals surface area contributed by atoms with E-state index in [0.717, 1.165) is 36.1 Å². The first-order valence-corrected chi connectivity index (χ1v) is 14.9. The molecule has 224 valence electrons. The minimum atomic E-state index is -1.02. The molecule has 1 aliphatic carbocycles. The van der Waals surface area contributed by atoms with Crippen LogP contribution in [0.25, 0.3) is 0 Å². The van der Waals surface area contributed by atoms with Crippen molar-refractivity contribution >= 4 is 35.1 Å². The van der Waals surface area contributed by atoms with Crippen LogP contribution in [0.2, 0.25) is 0 Å². The fourth-order valence-corrected chi connectivity index (χ4v) is 5.46. The van der Waals surface area contributed by atoms with E-state index in [1.807, 2.05) is 72.5 Å². The molecule has 9 nitrogen and oxygen atoms in total. The molecule has 0 bridgehead atoms. The maximum Gasteiger partial charge on any atom is 0.305 e. The Morgan fingerprint density at radius 2 is 1.65 bits per heavy atom. The zero-order valence-corrected chi connectivity index (χ0v) is 24.4. The first-order chi connectivity index (χ1) is 20.8. The van der Waals surface area contributed by atoms with E-state index >= 15 is 0 Å². The Labute approximate surface area is 251 Å². The molecule has 1 heterocycles. The van der Waals surface area contributed by atoms with Crippen LogP contribution in [0.15, 0.2) is 72.8 Å². The molecule has 0 spiro atoms. The lowest BCUT2D eigenvalue weighted by molar-refractivity contribution is -0.137. The Bertz CT molecular complexity index is 1470. The average molecular weight is 583 g/mol. The molecule has 1 saturated carbocycles. The van der Waals surface area contributed by atoms with Gasteiger partial charge in [0.1, 0.15) is 0 Å². The summed E-state index contributed by atoms with van der Waals surface area (Å²) in [6.45, 7) is 4.56. The van der Waals surface area contributed by atoms with Crippen LogP contribution in [0.1, 0.15) is 58.8 Å². The summed E-state index contributed by atoms with van der Waals surface area (Å²) in [6, 6.07) is 21.3. The van der Waals surface area contributed by atoms with Gasteiger partial charge in [0.25, 0.3) is 5.91 Å². The molecule has 3 N–H and O–H groups in total. The number of carboxylic acids is 1. The Hall–Kier alpha value is -4.66. The summed E-state index contributed by atoms with van der Waals surface area (Å²) in [5, 5.41) is 15.4. The van der Waals surface area contributed by atoms with Gasteiger partial charge in [0.15, 0.2) is 0 Å². The van der Waals surface area contributed by atoms with Crippen LogP contribution in [0.4, 0.5) is 11.4 Å². The number of carbonyl (C=O) groups is 4. The van der Waals surface area contributed by atoms with E-state index in [9.17, 15) is 24.3 Å². The molecule has 0 radical (unpaired) electrons. The Kier molecular flexibility index (Phi) is 9.39. The molecule has 2 aliphatic rings. The summed E-state index contributed by atoms with van der Waals surface area (Å²) >= 11 is 0. The number of aryl methyl sites for hydroxylation is 1. The minimum Gasteiger partial charge on any atom is -0.481 e. The number of nitrogens with zero attached hydrogens (tertiary/aromatic N) is 2. The summed E-state index contributed by atoms with van der Waals surface area (Å²) in [5.41, 5.74) is 4.18. The molecular weight excluding hydrogens is 544 g/mol. The third kappa shape index (κ3) is 8.00. The highest BCUT2D eigenvalue weighted by molar-refractivity contribution is 6.00. The number of hydrogen-bond acceptors (Lipinski definition) is 5. The van der Waals surface area contributed by atoms with Crippen LogP contribution in [0.3, 0.4) is 0 Å². The van der Waals surface area contributed by atoms with Crippen molar-refractivity contribution in [2.45, 2.75) is 45.1 Å². The van der Waals surface area contributed by atoms with E-state index in [1.54, 1.807) is 12.1 Å². The molecule has 3 aromatic rings. The van der Waals surface area contributed by atoms with Gasteiger partial charge in [-0.25, -0.2) is 0 Å². The highest BCUT2D eigenvalue weighted by Gasteiger charge is 2.34. The van der Waals surface area contributed by atoms with Crippen LogP contribution >= 0.6 is 0 Å². The zero-order valence-electron chi connectivity index (χ0n) is 24.4. The lowest BCUT2D eigenvalue weighted by atomic mass is 10.0. The van der Waals surface area contributed by atoms with Gasteiger partial charge in [-0.1, -0.05) is 60.2 Å². The van der Waals surface area contributed by atoms with Crippen molar-refractivity contribution in [3.8, 4) is 0 Å². The molecule has 9 heteroatoms. The average Bonchev–Trinajstić information content (AvgIpc) is 3.85. The highest BCUT2D eigenvalue weighted by atomic mass is 16.4. The highest BCUT2D eigenvalue weighted by Crippen LogP contribution is 2.33. The number of carbonyl (C=O) groups excluding carboxylic acids is 3. The van der Waals surface area contributed by atoms with E-state index in [4.69, 9.17) is 0 Å². The third-order valence-electron chi connectivity index (χ3n) is 7.98. The number of amides is 3. The Balaban J connectivity index is 1.38. The van der Waals surface area contributed by atoms with Crippen LogP contribution in [-0.4, -0.2) is 59.9 Å². The molecule has 1 aliphatic heterocycles. The normalized spacial score (nSPS) is 15.7. The second kappa shape index (κ2) is 13.5. The molecular formula is C34H38N4O5. The van der Waals surface area contributed by atoms with Gasteiger partial charge in [0.2, 0.25) is 11.8 Å². The van der Waals surface area contributed by atoms with E-state index in [-0.39, 0.29) is 30.6 Å². The SMILES string of the molecule is Cc1ccc(C(CC(=O)O)NC(=O)c2ccc(N3CCCN(C(=O)C4CC4)CC3)c(NC(=O)Cc3ccccc3)c2)cc1. The molecule has 1 unspecified atom stereocenters. The monoisotopic (exact) mass is 582 g/mol. The largest absolute Gasteiger partial charge is 0.481 e. The smallest absolute Gasteiger partial charge is 0.305 e. The minimum absolute atomic E-state index is 0.169. The van der Waals surface area contributed by atoms with Gasteiger partial charge in [-0.05, 0) is 55.5 Å². The van der Waals surface area contributed by atoms with Crippen molar-refractivity contribution < 1.29 is 24.3 Å². The topological polar surface area (TPSA) is 119 Å². The lowest BCUT2D eigenvalue weighted by Crippen LogP contribution is -2.36. The summed E-state index contributed by atoms with van der Waals surface area (Å²) < 4.78 is 0. The fourth-order valence-electron chi connectivity index (χ4n) is 5.46. The van der Waals surface area contributed by atoms with Crippen molar-refractivity contribution in [2.24, 2.45) is 5.92 Å². The van der Waals surface area contributed by atoms with Crippen LogP contribution < -0.4 is 15.5 Å². The molecule has 3 amide bonds. The number of nitrogens with one attached hydrogen (secondary N) is 2. The first-order valence-electron chi connectivity index (χ1n) is 14.9. The van der Waals surface area contributed by atoms with Crippen LogP contribution in [-0.2, 0) is 20.8 Å². The van der Waals surface area contributed by atoms with E-state index in [2.05, 4.69) is 15.5 Å². The molecule has 3 aromatic carbocycles. The summed E-state index contributed by atoms with van der Waals surface area (Å²) in [5.74, 6) is -1.27. The number of benzene rings is 3. The zero-order chi connectivity index (χ0) is 30.3. The molecule has 1 atom stereocenters. The Morgan fingerprint density at radius 1 is 0.907 bits per heavy atom. The van der Waals surface area contributed by atoms with E-state index in [1.165, 1.54) is 0 Å². The maximum atomic E-state index is 13.5. The van der Waals surface area contributed by atoms with Gasteiger partial charge < -0.3 is 25.5 Å². The second-order valence-electron chi connectivity index (χ2n) is 11.4. The number of rotatable bonds is 10. The molecule has 0 aromatic heterocycles. The second-order valence-corrected chi connectivity index (χ2v) is 11.4. The van der Waals surface area contributed by atoms with Gasteiger partial charge in [-0.2, -0.15) is 0 Å². The van der Waals surface area contributed by atoms with Crippen LogP contribution in [0.5, 0.6) is 0 Å². The van der Waals surface area contributed by atoms with Crippen molar-refractivity contribution in [2.75, 3.05) is 36.4 Å². The Morgan fingerprint density at radius 3 is 2.35 bits per heavy atom. The number of anilines is 2. The van der Waals surface area contributed by atoms with Crippen molar-refractivity contribution in [3.05, 3.63) is 95.1 Å². The van der Waals surface area contributed by atoms with E-state index < -0.39 is 17.9 Å². The van der Waals surface area contributed by atoms with Gasteiger partial charge in [0.05, 0.1) is 30.3 Å². The van der Waals surface area contributed by atoms with Crippen molar-refractivity contribution in [3.63, 3.8) is 0 Å².